The zero-order valence-electron chi connectivity index (χ0n) is 12.3. The molecule has 1 fully saturated rings. The molecule has 1 aliphatic heterocycles. The molecule has 0 saturated carbocycles. The average molecular weight is 440 g/mol. The van der Waals surface area contributed by atoms with Gasteiger partial charge in [0.05, 0.1) is 4.47 Å². The molecular formula is C14H20BrCl2F3N2O. The number of benzene rings is 1. The van der Waals surface area contributed by atoms with Crippen molar-refractivity contribution in [1.29, 1.82) is 0 Å². The first-order chi connectivity index (χ1) is 9.87. The summed E-state index contributed by atoms with van der Waals surface area (Å²) in [6.07, 6.45) is -4.93. The third kappa shape index (κ3) is 7.05. The van der Waals surface area contributed by atoms with Gasteiger partial charge in [0.2, 0.25) is 0 Å². The van der Waals surface area contributed by atoms with Crippen LogP contribution in [-0.2, 0) is 0 Å². The van der Waals surface area contributed by atoms with E-state index < -0.39 is 12.6 Å². The van der Waals surface area contributed by atoms with E-state index >= 15 is 0 Å². The SMILES string of the molecule is Cl.Cl.Oc1ccc([C@H](CCC(F)(F)F)N2CCNCC2)cc1Br. The Balaban J connectivity index is 0.00000242. The fourth-order valence-electron chi connectivity index (χ4n) is 2.58. The first-order valence-electron chi connectivity index (χ1n) is 6.87. The lowest BCUT2D eigenvalue weighted by Gasteiger charge is -2.35. The van der Waals surface area contributed by atoms with E-state index in [1.165, 1.54) is 6.07 Å². The van der Waals surface area contributed by atoms with Gasteiger partial charge in [0, 0.05) is 38.6 Å². The summed E-state index contributed by atoms with van der Waals surface area (Å²) in [6, 6.07) is 4.63. The number of hydrogen-bond donors (Lipinski definition) is 2. The molecule has 0 amide bonds. The molecule has 0 aliphatic carbocycles. The van der Waals surface area contributed by atoms with Crippen molar-refractivity contribution in [2.24, 2.45) is 0 Å². The Hall–Kier alpha value is -0.210. The number of phenols is 1. The van der Waals surface area contributed by atoms with Gasteiger partial charge in [0.15, 0.2) is 0 Å². The van der Waals surface area contributed by atoms with Crippen LogP contribution in [-0.4, -0.2) is 42.4 Å². The van der Waals surface area contributed by atoms with Crippen LogP contribution in [0.1, 0.15) is 24.4 Å². The molecule has 0 bridgehead atoms. The van der Waals surface area contributed by atoms with Gasteiger partial charge in [-0.05, 0) is 40.0 Å². The van der Waals surface area contributed by atoms with Gasteiger partial charge < -0.3 is 10.4 Å². The van der Waals surface area contributed by atoms with E-state index in [-0.39, 0.29) is 43.0 Å². The highest BCUT2D eigenvalue weighted by Gasteiger charge is 2.31. The Kier molecular flexibility index (Phi) is 9.84. The van der Waals surface area contributed by atoms with E-state index in [1.807, 2.05) is 0 Å². The van der Waals surface area contributed by atoms with Crippen molar-refractivity contribution in [3.63, 3.8) is 0 Å². The van der Waals surface area contributed by atoms with Crippen LogP contribution in [0, 0.1) is 0 Å². The largest absolute Gasteiger partial charge is 0.507 e. The number of phenolic OH excluding ortho intramolecular Hbond substituents is 1. The third-order valence-electron chi connectivity index (χ3n) is 3.65. The van der Waals surface area contributed by atoms with Crippen LogP contribution in [0.15, 0.2) is 22.7 Å². The molecule has 2 rings (SSSR count). The van der Waals surface area contributed by atoms with Crippen LogP contribution >= 0.6 is 40.7 Å². The average Bonchev–Trinajstić information content (AvgIpc) is 2.43. The summed E-state index contributed by atoms with van der Waals surface area (Å²) in [6.45, 7) is 3.01. The number of nitrogens with zero attached hydrogens (tertiary/aromatic N) is 1. The molecule has 134 valence electrons. The maximum atomic E-state index is 12.6. The van der Waals surface area contributed by atoms with E-state index in [4.69, 9.17) is 0 Å². The molecule has 1 saturated heterocycles. The minimum absolute atomic E-state index is 0. The van der Waals surface area contributed by atoms with E-state index in [0.717, 1.165) is 31.7 Å². The quantitative estimate of drug-likeness (QED) is 0.734. The first-order valence-corrected chi connectivity index (χ1v) is 7.66. The molecule has 2 N–H and O–H groups in total. The molecule has 1 aromatic rings. The smallest absolute Gasteiger partial charge is 0.389 e. The number of nitrogens with one attached hydrogen (secondary N) is 1. The highest BCUT2D eigenvalue weighted by Crippen LogP contribution is 2.34. The zero-order chi connectivity index (χ0) is 15.5. The molecule has 1 aromatic carbocycles. The lowest BCUT2D eigenvalue weighted by molar-refractivity contribution is -0.138. The zero-order valence-corrected chi connectivity index (χ0v) is 15.5. The van der Waals surface area contributed by atoms with E-state index in [2.05, 4.69) is 26.1 Å². The number of rotatable bonds is 4. The first kappa shape index (κ1) is 22.8. The summed E-state index contributed by atoms with van der Waals surface area (Å²) in [7, 11) is 0. The lowest BCUT2D eigenvalue weighted by Crippen LogP contribution is -2.45. The monoisotopic (exact) mass is 438 g/mol. The third-order valence-corrected chi connectivity index (χ3v) is 4.29. The van der Waals surface area contributed by atoms with Crippen LogP contribution in [0.3, 0.4) is 0 Å². The van der Waals surface area contributed by atoms with Gasteiger partial charge in [-0.25, -0.2) is 0 Å². The minimum atomic E-state index is -4.15. The summed E-state index contributed by atoms with van der Waals surface area (Å²) in [5.41, 5.74) is 0.797. The molecule has 9 heteroatoms. The van der Waals surface area contributed by atoms with Gasteiger partial charge in [-0.15, -0.1) is 24.8 Å². The Bertz CT molecular complexity index is 486. The molecular weight excluding hydrogens is 420 g/mol. The normalized spacial score (nSPS) is 17.0. The van der Waals surface area contributed by atoms with Crippen LogP contribution in [0.5, 0.6) is 5.75 Å². The van der Waals surface area contributed by atoms with Crippen molar-refractivity contribution in [2.45, 2.75) is 25.1 Å². The van der Waals surface area contributed by atoms with E-state index in [1.54, 1.807) is 12.1 Å². The molecule has 0 spiro atoms. The van der Waals surface area contributed by atoms with Crippen LogP contribution in [0.4, 0.5) is 13.2 Å². The van der Waals surface area contributed by atoms with Crippen LogP contribution in [0.25, 0.3) is 0 Å². The van der Waals surface area contributed by atoms with E-state index in [0.29, 0.717) is 4.47 Å². The van der Waals surface area contributed by atoms with Crippen molar-refractivity contribution in [3.05, 3.63) is 28.2 Å². The highest BCUT2D eigenvalue weighted by atomic mass is 79.9. The Morgan fingerprint density at radius 3 is 2.35 bits per heavy atom. The molecule has 0 radical (unpaired) electrons. The summed E-state index contributed by atoms with van der Waals surface area (Å²) < 4.78 is 38.2. The summed E-state index contributed by atoms with van der Waals surface area (Å²) in [5, 5.41) is 12.7. The van der Waals surface area contributed by atoms with Crippen LogP contribution < -0.4 is 5.32 Å². The second kappa shape index (κ2) is 9.93. The Morgan fingerprint density at radius 2 is 1.83 bits per heavy atom. The van der Waals surface area contributed by atoms with Gasteiger partial charge in [-0.2, -0.15) is 13.2 Å². The predicted octanol–water partition coefficient (Wildman–Crippen LogP) is 4.29. The number of hydrogen-bond acceptors (Lipinski definition) is 3. The topological polar surface area (TPSA) is 35.5 Å². The van der Waals surface area contributed by atoms with Crippen molar-refractivity contribution in [1.82, 2.24) is 10.2 Å². The second-order valence-corrected chi connectivity index (χ2v) is 6.02. The van der Waals surface area contributed by atoms with Gasteiger partial charge in [0.1, 0.15) is 5.75 Å². The molecule has 23 heavy (non-hydrogen) atoms. The predicted molar refractivity (Wildman–Crippen MR) is 92.8 cm³/mol. The fraction of sp³-hybridized carbons (Fsp3) is 0.571. The number of piperazine rings is 1. The molecule has 0 unspecified atom stereocenters. The number of halogens is 6. The lowest BCUT2D eigenvalue weighted by atomic mass is 9.99. The highest BCUT2D eigenvalue weighted by molar-refractivity contribution is 9.10. The Labute approximate surface area is 154 Å². The van der Waals surface area contributed by atoms with Crippen molar-refractivity contribution in [3.8, 4) is 5.75 Å². The Morgan fingerprint density at radius 1 is 1.22 bits per heavy atom. The van der Waals surface area contributed by atoms with Crippen molar-refractivity contribution in [2.75, 3.05) is 26.2 Å². The van der Waals surface area contributed by atoms with Crippen LogP contribution in [0.2, 0.25) is 0 Å². The standard InChI is InChI=1S/C14H18BrF3N2O.2ClH/c15-11-9-10(1-2-13(11)21)12(3-4-14(16,17)18)20-7-5-19-6-8-20;;/h1-2,9,12,19,21H,3-8H2;2*1H/t12-;;/m0../s1. The maximum absolute atomic E-state index is 12.6. The number of alkyl halides is 3. The minimum Gasteiger partial charge on any atom is -0.507 e. The van der Waals surface area contributed by atoms with E-state index in [9.17, 15) is 18.3 Å². The van der Waals surface area contributed by atoms with Gasteiger partial charge in [0.25, 0.3) is 0 Å². The molecule has 1 heterocycles. The van der Waals surface area contributed by atoms with Gasteiger partial charge in [-0.1, -0.05) is 6.07 Å². The van der Waals surface area contributed by atoms with Gasteiger partial charge in [-0.3, -0.25) is 4.90 Å². The maximum Gasteiger partial charge on any atom is 0.389 e. The summed E-state index contributed by atoms with van der Waals surface area (Å²) in [5.74, 6) is 0.0913. The summed E-state index contributed by atoms with van der Waals surface area (Å²) in [4.78, 5) is 2.07. The summed E-state index contributed by atoms with van der Waals surface area (Å²) >= 11 is 3.23. The molecule has 1 aliphatic rings. The molecule has 1 atom stereocenters. The van der Waals surface area contributed by atoms with Crippen molar-refractivity contribution < 1.29 is 18.3 Å². The second-order valence-electron chi connectivity index (χ2n) is 5.17. The molecule has 0 aromatic heterocycles. The number of aromatic hydroxyl groups is 1. The fourth-order valence-corrected chi connectivity index (χ4v) is 2.98. The van der Waals surface area contributed by atoms with Crippen molar-refractivity contribution >= 4 is 40.7 Å². The molecule has 3 nitrogen and oxygen atoms in total. The van der Waals surface area contributed by atoms with Gasteiger partial charge >= 0.3 is 6.18 Å².